The summed E-state index contributed by atoms with van der Waals surface area (Å²) >= 11 is 10.4. The number of halogens is 9. The summed E-state index contributed by atoms with van der Waals surface area (Å²) in [6, 6.07) is 12.9. The maximum atomic E-state index is 14.9. The van der Waals surface area contributed by atoms with Gasteiger partial charge >= 0.3 is 16.7 Å². The molecule has 0 saturated heterocycles. The third-order valence-electron chi connectivity index (χ3n) is 6.02. The van der Waals surface area contributed by atoms with Gasteiger partial charge in [-0.3, -0.25) is 9.59 Å². The van der Waals surface area contributed by atoms with E-state index in [0.29, 0.717) is 17.7 Å². The Bertz CT molecular complexity index is 1520. The Morgan fingerprint density at radius 2 is 1.69 bits per heavy atom. The largest absolute Gasteiger partial charge is 0.494 e. The van der Waals surface area contributed by atoms with Gasteiger partial charge in [0.25, 0.3) is 11.8 Å². The van der Waals surface area contributed by atoms with Crippen LogP contribution in [0.25, 0.3) is 0 Å². The Morgan fingerprint density at radius 1 is 1.07 bits per heavy atom. The first kappa shape index (κ1) is 33.2. The van der Waals surface area contributed by atoms with E-state index in [-0.39, 0.29) is 34.8 Å². The summed E-state index contributed by atoms with van der Waals surface area (Å²) < 4.78 is 87.8. The second-order valence-electron chi connectivity index (χ2n) is 8.52. The van der Waals surface area contributed by atoms with Crippen LogP contribution in [0.15, 0.2) is 59.1 Å². The van der Waals surface area contributed by atoms with Crippen LogP contribution >= 0.6 is 43.5 Å². The number of para-hydroxylation sites is 1. The van der Waals surface area contributed by atoms with Crippen LogP contribution in [-0.2, 0) is 5.67 Å². The van der Waals surface area contributed by atoms with Gasteiger partial charge in [-0.1, -0.05) is 17.7 Å². The molecule has 0 heterocycles. The van der Waals surface area contributed by atoms with Crippen LogP contribution < -0.4 is 15.0 Å². The van der Waals surface area contributed by atoms with E-state index in [2.05, 4.69) is 21.2 Å². The molecule has 0 aliphatic heterocycles. The van der Waals surface area contributed by atoms with Crippen molar-refractivity contribution >= 4 is 66.6 Å². The van der Waals surface area contributed by atoms with Gasteiger partial charge in [0.2, 0.25) is 0 Å². The number of nitrogens with one attached hydrogen (secondary N) is 1. The highest BCUT2D eigenvalue weighted by atomic mass is 79.9. The number of methoxy groups -OCH3 is 1. The van der Waals surface area contributed by atoms with Crippen molar-refractivity contribution in [2.75, 3.05) is 23.9 Å². The molecule has 3 aromatic carbocycles. The molecule has 15 heteroatoms. The predicted molar refractivity (Wildman–Crippen MR) is 151 cm³/mol. The molecule has 0 aliphatic rings. The fraction of sp³-hybridized carbons (Fsp3) is 0.222. The number of hydrogen-bond acceptors (Lipinski definition) is 4. The van der Waals surface area contributed by atoms with Crippen molar-refractivity contribution in [1.82, 2.24) is 0 Å². The minimum absolute atomic E-state index is 0.0542. The van der Waals surface area contributed by atoms with Crippen LogP contribution in [-0.4, -0.2) is 36.5 Å². The van der Waals surface area contributed by atoms with Crippen molar-refractivity contribution < 1.29 is 40.7 Å². The van der Waals surface area contributed by atoms with Crippen LogP contribution in [0.2, 0.25) is 5.02 Å². The molecular weight excluding hydrogens is 724 g/mol. The van der Waals surface area contributed by atoms with Crippen LogP contribution in [0.1, 0.15) is 38.8 Å². The molecule has 0 aliphatic carbocycles. The third-order valence-corrected chi connectivity index (χ3v) is 7.49. The van der Waals surface area contributed by atoms with Crippen molar-refractivity contribution in [1.29, 1.82) is 5.26 Å². The number of carbonyl (C=O) groups is 2. The predicted octanol–water partition coefficient (Wildman–Crippen LogP) is 8.62. The van der Waals surface area contributed by atoms with Crippen molar-refractivity contribution in [2.24, 2.45) is 0 Å². The second kappa shape index (κ2) is 12.5. The number of carbonyl (C=O) groups excluding carboxylic acids is 2. The van der Waals surface area contributed by atoms with E-state index >= 15 is 0 Å². The van der Waals surface area contributed by atoms with Gasteiger partial charge in [-0.05, 0) is 87.3 Å². The highest BCUT2D eigenvalue weighted by Crippen LogP contribution is 2.56. The minimum atomic E-state index is -6.04. The number of alkyl halides is 7. The molecule has 6 nitrogen and oxygen atoms in total. The molecule has 0 fully saturated rings. The number of amides is 2. The molecule has 0 radical (unpaired) electrons. The molecule has 3 aromatic rings. The SMILES string of the molecule is CCN(C(=O)c1ccc(C#N)cc1)c1cccc(C(=O)Nc2c(Cl)cc(C(F)(C(F)(F)F)C(F)(F)Br)cc2Br)c1OC. The van der Waals surface area contributed by atoms with E-state index in [0.717, 1.165) is 0 Å². The molecule has 3 rings (SSSR count). The summed E-state index contributed by atoms with van der Waals surface area (Å²) in [5, 5.41) is 10.7. The molecule has 0 saturated carbocycles. The van der Waals surface area contributed by atoms with E-state index in [4.69, 9.17) is 21.6 Å². The highest BCUT2D eigenvalue weighted by Gasteiger charge is 2.71. The van der Waals surface area contributed by atoms with E-state index < -0.39 is 43.6 Å². The van der Waals surface area contributed by atoms with Gasteiger partial charge in [-0.2, -0.15) is 27.2 Å². The fourth-order valence-corrected chi connectivity index (χ4v) is 5.35. The van der Waals surface area contributed by atoms with Crippen LogP contribution in [0, 0.1) is 11.3 Å². The molecule has 0 spiro atoms. The Labute approximate surface area is 257 Å². The lowest BCUT2D eigenvalue weighted by Crippen LogP contribution is -2.49. The number of ether oxygens (including phenoxy) is 1. The van der Waals surface area contributed by atoms with Gasteiger partial charge in [0.15, 0.2) is 5.75 Å². The monoisotopic (exact) mass is 739 g/mol. The maximum Gasteiger partial charge on any atom is 0.433 e. The lowest BCUT2D eigenvalue weighted by Gasteiger charge is -2.32. The summed E-state index contributed by atoms with van der Waals surface area (Å²) in [4.78, 5) is 22.8. The molecule has 0 aromatic heterocycles. The Morgan fingerprint density at radius 3 is 2.17 bits per heavy atom. The van der Waals surface area contributed by atoms with Gasteiger partial charge in [0, 0.05) is 22.1 Å². The van der Waals surface area contributed by atoms with Crippen LogP contribution in [0.4, 0.5) is 37.7 Å². The van der Waals surface area contributed by atoms with E-state index in [9.17, 15) is 35.9 Å². The van der Waals surface area contributed by atoms with Crippen LogP contribution in [0.5, 0.6) is 5.75 Å². The zero-order valence-corrected chi connectivity index (χ0v) is 25.4. The average molecular weight is 742 g/mol. The first-order valence-corrected chi connectivity index (χ1v) is 13.6. The molecule has 0 bridgehead atoms. The van der Waals surface area contributed by atoms with E-state index in [1.807, 2.05) is 6.07 Å². The van der Waals surface area contributed by atoms with Gasteiger partial charge in [0.1, 0.15) is 0 Å². The van der Waals surface area contributed by atoms with E-state index in [1.165, 1.54) is 70.4 Å². The third kappa shape index (κ3) is 6.23. The van der Waals surface area contributed by atoms with Crippen LogP contribution in [0.3, 0.4) is 0 Å². The first-order valence-electron chi connectivity index (χ1n) is 11.6. The molecule has 1 unspecified atom stereocenters. The molecule has 222 valence electrons. The molecule has 1 atom stereocenters. The van der Waals surface area contributed by atoms with Gasteiger partial charge in [0.05, 0.1) is 40.7 Å². The quantitative estimate of drug-likeness (QED) is 0.185. The van der Waals surface area contributed by atoms with Crippen molar-refractivity contribution in [3.63, 3.8) is 0 Å². The minimum Gasteiger partial charge on any atom is -0.494 e. The smallest absolute Gasteiger partial charge is 0.433 e. The second-order valence-corrected chi connectivity index (χ2v) is 10.8. The summed E-state index contributed by atoms with van der Waals surface area (Å²) in [6.45, 7) is 1.82. The number of nitrogens with zero attached hydrogens (tertiary/aromatic N) is 2. The Hall–Kier alpha value is -3.28. The molecule has 1 N–H and O–H groups in total. The average Bonchev–Trinajstić information content (AvgIpc) is 2.93. The van der Waals surface area contributed by atoms with Crippen molar-refractivity contribution in [2.45, 2.75) is 23.6 Å². The Balaban J connectivity index is 2.01. The zero-order valence-electron chi connectivity index (χ0n) is 21.4. The number of benzene rings is 3. The summed E-state index contributed by atoms with van der Waals surface area (Å²) in [5.41, 5.74) is -6.37. The lowest BCUT2D eigenvalue weighted by atomic mass is 9.95. The van der Waals surface area contributed by atoms with Gasteiger partial charge < -0.3 is 15.0 Å². The fourth-order valence-electron chi connectivity index (χ4n) is 3.96. The van der Waals surface area contributed by atoms with Gasteiger partial charge in [-0.15, -0.1) is 0 Å². The summed E-state index contributed by atoms with van der Waals surface area (Å²) in [7, 11) is 1.24. The highest BCUT2D eigenvalue weighted by molar-refractivity contribution is 9.10. The molecule has 42 heavy (non-hydrogen) atoms. The zero-order chi connectivity index (χ0) is 31.6. The molecular formula is C27H18Br2ClF6N3O3. The van der Waals surface area contributed by atoms with Crippen molar-refractivity contribution in [3.05, 3.63) is 86.3 Å². The summed E-state index contributed by atoms with van der Waals surface area (Å²) in [6.07, 6.45) is -6.04. The maximum absolute atomic E-state index is 14.9. The first-order chi connectivity index (χ1) is 19.5. The standard InChI is InChI=1S/C27H18Br2ClF6N3O3/c1-3-39(24(41)15-9-7-14(13-37)8-10-15)20-6-4-5-17(22(20)42-2)23(40)38-21-18(28)11-16(12-19(21)30)25(31,26(29,32)33)27(34,35)36/h4-12H,3H2,1-2H3,(H,38,40). The number of anilines is 2. The lowest BCUT2D eigenvalue weighted by molar-refractivity contribution is -0.282. The number of hydrogen-bond donors (Lipinski definition) is 1. The van der Waals surface area contributed by atoms with E-state index in [1.54, 1.807) is 6.92 Å². The number of rotatable bonds is 8. The van der Waals surface area contributed by atoms with Crippen molar-refractivity contribution in [3.8, 4) is 11.8 Å². The Kier molecular flexibility index (Phi) is 9.91. The topological polar surface area (TPSA) is 82.4 Å². The molecule has 2 amide bonds. The summed E-state index contributed by atoms with van der Waals surface area (Å²) in [5.74, 6) is -1.43. The normalized spacial score (nSPS) is 13.1. The van der Waals surface area contributed by atoms with Gasteiger partial charge in [-0.25, -0.2) is 4.39 Å². The number of nitriles is 1.